The molecule has 2 aliphatic heterocycles. The zero-order chi connectivity index (χ0) is 15.1. The number of rotatable bonds is 3. The lowest BCUT2D eigenvalue weighted by Crippen LogP contribution is -2.47. The third kappa shape index (κ3) is 2.43. The van der Waals surface area contributed by atoms with Gasteiger partial charge in [-0.05, 0) is 25.3 Å². The first-order chi connectivity index (χ1) is 10.7. The van der Waals surface area contributed by atoms with Crippen molar-refractivity contribution in [2.75, 3.05) is 32.0 Å². The van der Waals surface area contributed by atoms with Gasteiger partial charge in [0.15, 0.2) is 5.88 Å². The van der Waals surface area contributed by atoms with E-state index in [1.165, 1.54) is 19.5 Å². The molecule has 2 aliphatic rings. The summed E-state index contributed by atoms with van der Waals surface area (Å²) in [5, 5.41) is 6.96. The molecule has 0 radical (unpaired) electrons. The van der Waals surface area contributed by atoms with Gasteiger partial charge in [-0.1, -0.05) is 0 Å². The summed E-state index contributed by atoms with van der Waals surface area (Å²) in [6, 6.07) is 3.81. The molecule has 116 valence electrons. The molecule has 2 aromatic rings. The van der Waals surface area contributed by atoms with Gasteiger partial charge >= 0.3 is 0 Å². The van der Waals surface area contributed by atoms with Crippen LogP contribution >= 0.6 is 0 Å². The predicted molar refractivity (Wildman–Crippen MR) is 84.0 cm³/mol. The molecule has 22 heavy (non-hydrogen) atoms. The van der Waals surface area contributed by atoms with Crippen LogP contribution in [0.15, 0.2) is 22.7 Å². The number of anilines is 1. The Labute approximate surface area is 128 Å². The van der Waals surface area contributed by atoms with Gasteiger partial charge < -0.3 is 20.0 Å². The second kappa shape index (κ2) is 5.28. The van der Waals surface area contributed by atoms with Crippen LogP contribution in [0.1, 0.15) is 23.3 Å². The maximum Gasteiger partial charge on any atom is 0.270 e. The first-order valence-electron chi connectivity index (χ1n) is 7.82. The first kappa shape index (κ1) is 13.6. The molecule has 2 aromatic heterocycles. The lowest BCUT2D eigenvalue weighted by atomic mass is 9.97. The van der Waals surface area contributed by atoms with Gasteiger partial charge in [-0.25, -0.2) is 0 Å². The first-order valence-corrected chi connectivity index (χ1v) is 7.82. The molecule has 2 N–H and O–H groups in total. The normalized spacial score (nSPS) is 27.0. The van der Waals surface area contributed by atoms with E-state index >= 15 is 0 Å². The number of piperidine rings is 1. The Morgan fingerprint density at radius 2 is 2.32 bits per heavy atom. The third-order valence-electron chi connectivity index (χ3n) is 4.68. The average Bonchev–Trinajstić information content (AvgIpc) is 3.09. The van der Waals surface area contributed by atoms with Gasteiger partial charge in [-0.2, -0.15) is 0 Å². The van der Waals surface area contributed by atoms with Crippen molar-refractivity contribution in [3.63, 3.8) is 0 Å². The third-order valence-corrected chi connectivity index (χ3v) is 4.68. The fraction of sp³-hybridized carbons (Fsp3) is 0.500. The van der Waals surface area contributed by atoms with Crippen LogP contribution in [0.4, 0.5) is 5.88 Å². The highest BCUT2D eigenvalue weighted by Gasteiger charge is 2.33. The van der Waals surface area contributed by atoms with Gasteiger partial charge in [0.2, 0.25) is 0 Å². The van der Waals surface area contributed by atoms with Crippen LogP contribution < -0.4 is 10.6 Å². The van der Waals surface area contributed by atoms with Crippen molar-refractivity contribution in [1.29, 1.82) is 0 Å². The summed E-state index contributed by atoms with van der Waals surface area (Å²) in [6.07, 6.45) is 4.02. The van der Waals surface area contributed by atoms with E-state index in [-0.39, 0.29) is 11.9 Å². The predicted octanol–water partition coefficient (Wildman–Crippen LogP) is 1.69. The molecule has 2 fully saturated rings. The maximum atomic E-state index is 12.4. The summed E-state index contributed by atoms with van der Waals surface area (Å²) in [5.74, 6) is 1.29. The highest BCUT2D eigenvalue weighted by atomic mass is 16.3. The molecule has 0 aromatic carbocycles. The van der Waals surface area contributed by atoms with E-state index in [9.17, 15) is 4.79 Å². The Balaban J connectivity index is 1.50. The molecular formula is C16H20N4O2. The summed E-state index contributed by atoms with van der Waals surface area (Å²) in [6.45, 7) is 3.31. The van der Waals surface area contributed by atoms with E-state index in [0.717, 1.165) is 24.3 Å². The Bertz CT molecular complexity index is 699. The molecule has 6 nitrogen and oxygen atoms in total. The fourth-order valence-electron chi connectivity index (χ4n) is 3.60. The van der Waals surface area contributed by atoms with Crippen LogP contribution in [0.2, 0.25) is 0 Å². The summed E-state index contributed by atoms with van der Waals surface area (Å²) < 4.78 is 5.60. The minimum atomic E-state index is -0.114. The molecule has 3 unspecified atom stereocenters. The van der Waals surface area contributed by atoms with Gasteiger partial charge in [-0.15, -0.1) is 0 Å². The highest BCUT2D eigenvalue weighted by Crippen LogP contribution is 2.27. The molecule has 4 rings (SSSR count). The number of nitrogens with zero attached hydrogens (tertiary/aromatic N) is 2. The molecule has 6 heteroatoms. The minimum absolute atomic E-state index is 0.114. The van der Waals surface area contributed by atoms with Crippen molar-refractivity contribution in [2.45, 2.75) is 18.9 Å². The van der Waals surface area contributed by atoms with E-state index in [2.05, 4.69) is 20.5 Å². The molecule has 4 heterocycles. The average molecular weight is 300 g/mol. The monoisotopic (exact) mass is 300 g/mol. The van der Waals surface area contributed by atoms with Gasteiger partial charge in [0, 0.05) is 49.9 Å². The summed E-state index contributed by atoms with van der Waals surface area (Å²) >= 11 is 0. The Morgan fingerprint density at radius 3 is 3.14 bits per heavy atom. The second-order valence-corrected chi connectivity index (χ2v) is 6.29. The zero-order valence-corrected chi connectivity index (χ0v) is 12.6. The fourth-order valence-corrected chi connectivity index (χ4v) is 3.60. The van der Waals surface area contributed by atoms with Crippen molar-refractivity contribution >= 4 is 22.8 Å². The minimum Gasteiger partial charge on any atom is -0.441 e. The van der Waals surface area contributed by atoms with Crippen molar-refractivity contribution < 1.29 is 9.21 Å². The standard InChI is InChI=1S/C16H20N4O2/c1-17-15-5-11-7-18-13(6-14(11)22-15)16(21)19-12-4-10-2-3-20(8-10)9-12/h5-7,10,12,17H,2-4,8-9H2,1H3,(H,19,21). The van der Waals surface area contributed by atoms with Crippen LogP contribution in [-0.2, 0) is 0 Å². The topological polar surface area (TPSA) is 70.4 Å². The number of fused-ring (bicyclic) bond motifs is 3. The lowest BCUT2D eigenvalue weighted by Gasteiger charge is -2.30. The number of aromatic nitrogens is 1. The van der Waals surface area contributed by atoms with Gasteiger partial charge in [0.1, 0.15) is 11.3 Å². The second-order valence-electron chi connectivity index (χ2n) is 6.29. The van der Waals surface area contributed by atoms with Crippen molar-refractivity contribution in [1.82, 2.24) is 15.2 Å². The Morgan fingerprint density at radius 1 is 1.41 bits per heavy atom. The van der Waals surface area contributed by atoms with Crippen LogP contribution in [0.3, 0.4) is 0 Å². The number of carbonyl (C=O) groups is 1. The van der Waals surface area contributed by atoms with Crippen LogP contribution in [0.5, 0.6) is 0 Å². The van der Waals surface area contributed by atoms with E-state index in [1.54, 1.807) is 19.3 Å². The number of pyridine rings is 1. The van der Waals surface area contributed by atoms with Crippen LogP contribution in [-0.4, -0.2) is 48.5 Å². The van der Waals surface area contributed by atoms with Crippen molar-refractivity contribution in [2.24, 2.45) is 5.92 Å². The summed E-state index contributed by atoms with van der Waals surface area (Å²) in [7, 11) is 1.80. The van der Waals surface area contributed by atoms with Crippen LogP contribution in [0, 0.1) is 5.92 Å². The summed E-state index contributed by atoms with van der Waals surface area (Å²) in [5.41, 5.74) is 1.09. The van der Waals surface area contributed by atoms with Crippen LogP contribution in [0.25, 0.3) is 11.0 Å². The van der Waals surface area contributed by atoms with E-state index in [0.29, 0.717) is 17.2 Å². The van der Waals surface area contributed by atoms with Crippen molar-refractivity contribution in [3.05, 3.63) is 24.0 Å². The number of hydrogen-bond donors (Lipinski definition) is 2. The lowest BCUT2D eigenvalue weighted by molar-refractivity contribution is 0.0904. The largest absolute Gasteiger partial charge is 0.441 e. The maximum absolute atomic E-state index is 12.4. The van der Waals surface area contributed by atoms with E-state index in [4.69, 9.17) is 4.42 Å². The smallest absolute Gasteiger partial charge is 0.270 e. The van der Waals surface area contributed by atoms with Crippen molar-refractivity contribution in [3.8, 4) is 0 Å². The molecule has 3 atom stereocenters. The SMILES string of the molecule is CNc1cc2cnc(C(=O)NC3CC4CCN(C4)C3)cc2o1. The summed E-state index contributed by atoms with van der Waals surface area (Å²) in [4.78, 5) is 19.1. The molecule has 2 saturated heterocycles. The zero-order valence-electron chi connectivity index (χ0n) is 12.6. The number of nitrogens with one attached hydrogen (secondary N) is 2. The quantitative estimate of drug-likeness (QED) is 0.903. The molecular weight excluding hydrogens is 280 g/mol. The number of carbonyl (C=O) groups excluding carboxylic acids is 1. The molecule has 0 saturated carbocycles. The van der Waals surface area contributed by atoms with Gasteiger partial charge in [0.25, 0.3) is 5.91 Å². The number of hydrogen-bond acceptors (Lipinski definition) is 5. The molecule has 2 bridgehead atoms. The Kier molecular flexibility index (Phi) is 3.26. The van der Waals surface area contributed by atoms with Gasteiger partial charge in [-0.3, -0.25) is 9.78 Å². The Hall–Kier alpha value is -2.08. The molecule has 1 amide bonds. The molecule has 0 aliphatic carbocycles. The van der Waals surface area contributed by atoms with E-state index in [1.807, 2.05) is 6.07 Å². The highest BCUT2D eigenvalue weighted by molar-refractivity contribution is 5.95. The number of amides is 1. The van der Waals surface area contributed by atoms with Gasteiger partial charge in [0.05, 0.1) is 0 Å². The molecule has 0 spiro atoms. The number of furan rings is 1. The van der Waals surface area contributed by atoms with E-state index < -0.39 is 0 Å².